The number of para-hydroxylation sites is 1. The lowest BCUT2D eigenvalue weighted by Gasteiger charge is -2.32. The number of allylic oxidation sites excluding steroid dienone is 2. The van der Waals surface area contributed by atoms with Crippen molar-refractivity contribution < 1.29 is 30.8 Å². The number of fused-ring (bicyclic) bond motifs is 1. The Hall–Kier alpha value is -2.63. The maximum atomic E-state index is 13.3. The van der Waals surface area contributed by atoms with Crippen molar-refractivity contribution in [1.29, 1.82) is 0 Å². The molecule has 1 amide bonds. The summed E-state index contributed by atoms with van der Waals surface area (Å²) in [6.07, 6.45) is -3.11. The van der Waals surface area contributed by atoms with Gasteiger partial charge in [0.1, 0.15) is 5.82 Å². The van der Waals surface area contributed by atoms with E-state index in [2.05, 4.69) is 5.32 Å². The predicted octanol–water partition coefficient (Wildman–Crippen LogP) is 5.94. The molecule has 0 aromatic heterocycles. The summed E-state index contributed by atoms with van der Waals surface area (Å²) in [6.45, 7) is 0.116. The van der Waals surface area contributed by atoms with Crippen molar-refractivity contribution in [2.24, 2.45) is 11.8 Å². The maximum Gasteiger partial charge on any atom is 0.404 e. The Labute approximate surface area is 216 Å². The van der Waals surface area contributed by atoms with Gasteiger partial charge in [-0.15, -0.1) is 11.8 Å². The first-order chi connectivity index (χ1) is 17.5. The number of nitrogens with one attached hydrogen (secondary N) is 1. The van der Waals surface area contributed by atoms with Crippen LogP contribution >= 0.6 is 11.8 Å². The van der Waals surface area contributed by atoms with Crippen molar-refractivity contribution >= 4 is 33.4 Å². The van der Waals surface area contributed by atoms with Gasteiger partial charge in [0.15, 0.2) is 5.75 Å². The van der Waals surface area contributed by atoms with Crippen molar-refractivity contribution in [3.8, 4) is 11.1 Å². The van der Waals surface area contributed by atoms with Gasteiger partial charge in [0.05, 0.1) is 0 Å². The normalized spacial score (nSPS) is 20.9. The van der Waals surface area contributed by atoms with Crippen LogP contribution in [0.2, 0.25) is 0 Å². The topological polar surface area (TPSA) is 66.5 Å². The quantitative estimate of drug-likeness (QED) is 0.451. The molecule has 1 atom stereocenters. The van der Waals surface area contributed by atoms with E-state index < -0.39 is 22.0 Å². The van der Waals surface area contributed by atoms with Crippen LogP contribution in [0.5, 0.6) is 0 Å². The first-order valence-electron chi connectivity index (χ1n) is 11.8. The van der Waals surface area contributed by atoms with Gasteiger partial charge in [0, 0.05) is 35.8 Å². The second-order valence-electron chi connectivity index (χ2n) is 9.39. The fraction of sp³-hybridized carbons (Fsp3) is 0.346. The Morgan fingerprint density at radius 1 is 1.05 bits per heavy atom. The number of amides is 1. The van der Waals surface area contributed by atoms with E-state index in [9.17, 15) is 30.8 Å². The average molecular weight is 553 g/mol. The van der Waals surface area contributed by atoms with E-state index in [1.54, 1.807) is 18.2 Å². The van der Waals surface area contributed by atoms with E-state index in [4.69, 9.17) is 0 Å². The molecule has 37 heavy (non-hydrogen) atoms. The zero-order chi connectivity index (χ0) is 26.4. The Kier molecular flexibility index (Phi) is 6.97. The number of halogens is 4. The SMILES string of the molecule is O=C(Nc1ccccc1-c1ccc(F)cc1)C1=CSC(C2CCN(S(=O)(=O)CC(F)(F)F)CC2)=C2CC12. The van der Waals surface area contributed by atoms with Crippen molar-refractivity contribution in [3.05, 3.63) is 75.8 Å². The van der Waals surface area contributed by atoms with E-state index in [0.29, 0.717) is 24.1 Å². The standard InChI is InChI=1S/C26H24F4N2O3S2/c27-18-7-5-16(6-8-18)19-3-1-2-4-23(19)31-25(33)22-14-36-24(21-13-20(21)22)17-9-11-32(12-10-17)37(34,35)15-26(28,29)30/h1-8,14,17,20H,9-13,15H2,(H,31,33). The number of nitrogens with zero attached hydrogens (tertiary/aromatic N) is 1. The van der Waals surface area contributed by atoms with Gasteiger partial charge in [0.2, 0.25) is 10.0 Å². The van der Waals surface area contributed by atoms with Crippen molar-refractivity contribution in [2.45, 2.75) is 25.4 Å². The highest BCUT2D eigenvalue weighted by atomic mass is 32.2. The molecule has 11 heteroatoms. The van der Waals surface area contributed by atoms with Gasteiger partial charge >= 0.3 is 6.18 Å². The molecule has 0 spiro atoms. The lowest BCUT2D eigenvalue weighted by Crippen LogP contribution is -2.42. The summed E-state index contributed by atoms with van der Waals surface area (Å²) < 4.78 is 76.3. The molecule has 1 N–H and O–H groups in total. The fourth-order valence-corrected chi connectivity index (χ4v) is 7.64. The minimum atomic E-state index is -4.76. The van der Waals surface area contributed by atoms with Crippen LogP contribution in [0.25, 0.3) is 11.1 Å². The van der Waals surface area contributed by atoms with E-state index in [-0.39, 0.29) is 36.6 Å². The van der Waals surface area contributed by atoms with E-state index in [0.717, 1.165) is 32.3 Å². The molecule has 1 saturated carbocycles. The Morgan fingerprint density at radius 2 is 1.73 bits per heavy atom. The third-order valence-corrected chi connectivity index (χ3v) is 9.91. The molecule has 2 aromatic rings. The van der Waals surface area contributed by atoms with Crippen LogP contribution < -0.4 is 5.32 Å². The van der Waals surface area contributed by atoms with Crippen LogP contribution in [0.15, 0.2) is 70.0 Å². The Balaban J connectivity index is 1.22. The van der Waals surface area contributed by atoms with E-state index >= 15 is 0 Å². The van der Waals surface area contributed by atoms with Gasteiger partial charge in [-0.25, -0.2) is 17.1 Å². The largest absolute Gasteiger partial charge is 0.404 e. The first kappa shape index (κ1) is 26.0. The third-order valence-electron chi connectivity index (χ3n) is 6.85. The number of anilines is 1. The van der Waals surface area contributed by atoms with Gasteiger partial charge in [-0.2, -0.15) is 13.2 Å². The minimum Gasteiger partial charge on any atom is -0.322 e. The third kappa shape index (κ3) is 5.78. The number of sulfonamides is 1. The Bertz CT molecular complexity index is 1380. The molecule has 2 aliphatic heterocycles. The maximum absolute atomic E-state index is 13.3. The number of carbonyl (C=O) groups is 1. The predicted molar refractivity (Wildman–Crippen MR) is 135 cm³/mol. The number of piperidine rings is 1. The van der Waals surface area contributed by atoms with Crippen molar-refractivity contribution in [1.82, 2.24) is 4.31 Å². The molecule has 1 unspecified atom stereocenters. The minimum absolute atomic E-state index is 0.00113. The molecule has 1 aliphatic carbocycles. The van der Waals surface area contributed by atoms with Crippen LogP contribution in [-0.2, 0) is 14.8 Å². The molecule has 3 aliphatic rings. The second kappa shape index (κ2) is 9.92. The number of rotatable bonds is 6. The summed E-state index contributed by atoms with van der Waals surface area (Å²) in [5.74, 6) is -2.31. The van der Waals surface area contributed by atoms with Gasteiger partial charge in [-0.05, 0) is 59.3 Å². The number of hydrogen-bond acceptors (Lipinski definition) is 4. The van der Waals surface area contributed by atoms with Crippen LogP contribution in [0.1, 0.15) is 19.3 Å². The summed E-state index contributed by atoms with van der Waals surface area (Å²) in [5.41, 5.74) is 3.99. The second-order valence-corrected chi connectivity index (χ2v) is 12.3. The number of hydrogen-bond donors (Lipinski definition) is 1. The molecule has 196 valence electrons. The van der Waals surface area contributed by atoms with Gasteiger partial charge < -0.3 is 5.32 Å². The van der Waals surface area contributed by atoms with Crippen LogP contribution in [-0.4, -0.2) is 43.6 Å². The molecule has 0 bridgehead atoms. The van der Waals surface area contributed by atoms with Crippen LogP contribution in [0, 0.1) is 17.7 Å². The average Bonchev–Trinajstić information content (AvgIpc) is 3.64. The van der Waals surface area contributed by atoms with E-state index in [1.807, 2.05) is 23.6 Å². The van der Waals surface area contributed by atoms with E-state index in [1.165, 1.54) is 23.9 Å². The summed E-state index contributed by atoms with van der Waals surface area (Å²) in [7, 11) is -4.37. The van der Waals surface area contributed by atoms with Gasteiger partial charge in [0.25, 0.3) is 5.91 Å². The molecule has 2 heterocycles. The summed E-state index contributed by atoms with van der Waals surface area (Å²) in [4.78, 5) is 14.3. The van der Waals surface area contributed by atoms with Gasteiger partial charge in [-0.1, -0.05) is 35.9 Å². The Morgan fingerprint density at radius 3 is 2.41 bits per heavy atom. The van der Waals surface area contributed by atoms with Crippen molar-refractivity contribution in [2.75, 3.05) is 24.2 Å². The lowest BCUT2D eigenvalue weighted by atomic mass is 9.96. The van der Waals surface area contributed by atoms with Crippen LogP contribution in [0.3, 0.4) is 0 Å². The highest BCUT2D eigenvalue weighted by Crippen LogP contribution is 2.56. The van der Waals surface area contributed by atoms with Crippen molar-refractivity contribution in [3.63, 3.8) is 0 Å². The highest BCUT2D eigenvalue weighted by molar-refractivity contribution is 8.06. The number of benzene rings is 2. The highest BCUT2D eigenvalue weighted by Gasteiger charge is 2.45. The molecule has 5 nitrogen and oxygen atoms in total. The smallest absolute Gasteiger partial charge is 0.322 e. The molecule has 2 aromatic carbocycles. The first-order valence-corrected chi connectivity index (χ1v) is 14.3. The molecular formula is C26H24F4N2O3S2. The summed E-state index contributed by atoms with van der Waals surface area (Å²) >= 11 is 1.45. The lowest BCUT2D eigenvalue weighted by molar-refractivity contribution is -0.113. The van der Waals surface area contributed by atoms with Gasteiger partial charge in [-0.3, -0.25) is 4.79 Å². The molecule has 0 radical (unpaired) electrons. The zero-order valence-electron chi connectivity index (χ0n) is 19.6. The fourth-order valence-electron chi connectivity index (χ4n) is 4.95. The summed E-state index contributed by atoms with van der Waals surface area (Å²) in [6, 6.07) is 13.4. The number of carbonyl (C=O) groups excluding carboxylic acids is 1. The molecule has 2 fully saturated rings. The monoisotopic (exact) mass is 552 g/mol. The zero-order valence-corrected chi connectivity index (χ0v) is 21.2. The molecule has 5 rings (SSSR count). The molecular weight excluding hydrogens is 528 g/mol. The van der Waals surface area contributed by atoms with Crippen LogP contribution in [0.4, 0.5) is 23.2 Å². The number of alkyl halides is 3. The number of thioether (sulfide) groups is 1. The molecule has 1 saturated heterocycles. The summed E-state index contributed by atoms with van der Waals surface area (Å²) in [5, 5.41) is 4.82.